The van der Waals surface area contributed by atoms with Gasteiger partial charge in [0.1, 0.15) is 29.1 Å². The highest BCUT2D eigenvalue weighted by atomic mass is 19.1. The van der Waals surface area contributed by atoms with E-state index < -0.39 is 17.5 Å². The molecule has 0 bridgehead atoms. The van der Waals surface area contributed by atoms with E-state index in [2.05, 4.69) is 5.32 Å². The monoisotopic (exact) mass is 288 g/mol. The van der Waals surface area contributed by atoms with E-state index in [1.54, 1.807) is 12.1 Å². The van der Waals surface area contributed by atoms with E-state index in [0.29, 0.717) is 6.07 Å². The molecule has 0 spiro atoms. The molecule has 4 nitrogen and oxygen atoms in total. The topological polar surface area (TPSA) is 62.1 Å². The first-order valence-corrected chi connectivity index (χ1v) is 5.89. The lowest BCUT2D eigenvalue weighted by molar-refractivity contribution is 0.102. The standard InChI is InChI=1S/C15H10F2N2O2/c1-21-13-4-2-3-9(8-18)14(13)19-15(20)10-5-11(16)7-12(17)6-10/h2-7H,1H3,(H,19,20). The number of ether oxygens (including phenoxy) is 1. The number of rotatable bonds is 3. The largest absolute Gasteiger partial charge is 0.495 e. The normalized spacial score (nSPS) is 9.81. The van der Waals surface area contributed by atoms with Crippen LogP contribution in [0.15, 0.2) is 36.4 Å². The van der Waals surface area contributed by atoms with Crippen molar-refractivity contribution < 1.29 is 18.3 Å². The van der Waals surface area contributed by atoms with Crippen LogP contribution in [0.2, 0.25) is 0 Å². The molecule has 2 aromatic rings. The van der Waals surface area contributed by atoms with Crippen molar-refractivity contribution in [1.29, 1.82) is 5.26 Å². The number of benzene rings is 2. The number of hydrogen-bond donors (Lipinski definition) is 1. The van der Waals surface area contributed by atoms with Crippen LogP contribution in [0, 0.1) is 23.0 Å². The summed E-state index contributed by atoms with van der Waals surface area (Å²) < 4.78 is 31.3. The van der Waals surface area contributed by atoms with E-state index in [1.165, 1.54) is 13.2 Å². The van der Waals surface area contributed by atoms with E-state index >= 15 is 0 Å². The molecule has 106 valence electrons. The Kier molecular flexibility index (Phi) is 4.14. The van der Waals surface area contributed by atoms with Gasteiger partial charge in [-0.15, -0.1) is 0 Å². The average molecular weight is 288 g/mol. The van der Waals surface area contributed by atoms with E-state index in [1.807, 2.05) is 6.07 Å². The summed E-state index contributed by atoms with van der Waals surface area (Å²) in [5, 5.41) is 11.5. The SMILES string of the molecule is COc1cccc(C#N)c1NC(=O)c1cc(F)cc(F)c1. The van der Waals surface area contributed by atoms with Gasteiger partial charge in [-0.1, -0.05) is 6.07 Å². The van der Waals surface area contributed by atoms with E-state index in [-0.39, 0.29) is 22.6 Å². The minimum absolute atomic E-state index is 0.150. The quantitative estimate of drug-likeness (QED) is 0.944. The Hall–Kier alpha value is -2.94. The lowest BCUT2D eigenvalue weighted by Gasteiger charge is -2.11. The first kappa shape index (κ1) is 14.5. The van der Waals surface area contributed by atoms with Gasteiger partial charge in [0, 0.05) is 11.6 Å². The molecule has 0 unspecified atom stereocenters. The minimum atomic E-state index is -0.860. The van der Waals surface area contributed by atoms with Gasteiger partial charge in [-0.05, 0) is 24.3 Å². The molecule has 21 heavy (non-hydrogen) atoms. The maximum Gasteiger partial charge on any atom is 0.256 e. The number of carbonyl (C=O) groups excluding carboxylic acids is 1. The van der Waals surface area contributed by atoms with Crippen LogP contribution in [-0.4, -0.2) is 13.0 Å². The van der Waals surface area contributed by atoms with Crippen molar-refractivity contribution >= 4 is 11.6 Å². The van der Waals surface area contributed by atoms with E-state index in [9.17, 15) is 13.6 Å². The molecule has 0 aliphatic heterocycles. The van der Waals surface area contributed by atoms with Crippen LogP contribution in [0.25, 0.3) is 0 Å². The molecule has 0 aliphatic rings. The zero-order chi connectivity index (χ0) is 15.4. The number of para-hydroxylation sites is 1. The first-order chi connectivity index (χ1) is 10.0. The third-order valence-corrected chi connectivity index (χ3v) is 2.73. The fourth-order valence-electron chi connectivity index (χ4n) is 1.79. The number of methoxy groups -OCH3 is 1. The molecule has 1 amide bonds. The Morgan fingerprint density at radius 1 is 1.24 bits per heavy atom. The number of anilines is 1. The average Bonchev–Trinajstić information content (AvgIpc) is 2.46. The lowest BCUT2D eigenvalue weighted by atomic mass is 10.1. The summed E-state index contributed by atoms with van der Waals surface area (Å²) in [4.78, 5) is 12.0. The van der Waals surface area contributed by atoms with Crippen LogP contribution < -0.4 is 10.1 Å². The lowest BCUT2D eigenvalue weighted by Crippen LogP contribution is -2.14. The van der Waals surface area contributed by atoms with Gasteiger partial charge in [-0.3, -0.25) is 4.79 Å². The number of nitriles is 1. The Morgan fingerprint density at radius 3 is 2.48 bits per heavy atom. The van der Waals surface area contributed by atoms with Crippen LogP contribution in [-0.2, 0) is 0 Å². The van der Waals surface area contributed by atoms with Gasteiger partial charge in [0.2, 0.25) is 0 Å². The molecule has 6 heteroatoms. The fraction of sp³-hybridized carbons (Fsp3) is 0.0667. The molecule has 0 fully saturated rings. The number of nitrogens with zero attached hydrogens (tertiary/aromatic N) is 1. The van der Waals surface area contributed by atoms with Crippen LogP contribution >= 0.6 is 0 Å². The molecule has 0 atom stereocenters. The fourth-order valence-corrected chi connectivity index (χ4v) is 1.79. The molecule has 2 aromatic carbocycles. The van der Waals surface area contributed by atoms with Gasteiger partial charge in [0.05, 0.1) is 12.7 Å². The maximum absolute atomic E-state index is 13.1. The Labute approximate surface area is 119 Å². The molecule has 0 radical (unpaired) electrons. The summed E-state index contributed by atoms with van der Waals surface area (Å²) in [7, 11) is 1.38. The summed E-state index contributed by atoms with van der Waals surface area (Å²) in [5.74, 6) is -2.19. The highest BCUT2D eigenvalue weighted by Gasteiger charge is 2.15. The van der Waals surface area contributed by atoms with Gasteiger partial charge in [-0.25, -0.2) is 8.78 Å². The van der Waals surface area contributed by atoms with Gasteiger partial charge in [-0.2, -0.15) is 5.26 Å². The van der Waals surface area contributed by atoms with Crippen molar-refractivity contribution in [2.24, 2.45) is 0 Å². The van der Waals surface area contributed by atoms with Crippen molar-refractivity contribution in [2.75, 3.05) is 12.4 Å². The predicted molar refractivity (Wildman–Crippen MR) is 72.0 cm³/mol. The van der Waals surface area contributed by atoms with E-state index in [0.717, 1.165) is 12.1 Å². The Balaban J connectivity index is 2.38. The number of amides is 1. The van der Waals surface area contributed by atoms with Crippen LogP contribution in [0.4, 0.5) is 14.5 Å². The molecule has 0 aromatic heterocycles. The molecular weight excluding hydrogens is 278 g/mol. The van der Waals surface area contributed by atoms with Crippen molar-refractivity contribution in [3.63, 3.8) is 0 Å². The second kappa shape index (κ2) is 6.01. The zero-order valence-electron chi connectivity index (χ0n) is 11.0. The van der Waals surface area contributed by atoms with Crippen molar-refractivity contribution in [3.8, 4) is 11.8 Å². The van der Waals surface area contributed by atoms with Gasteiger partial charge in [0.25, 0.3) is 5.91 Å². The molecule has 2 rings (SSSR count). The van der Waals surface area contributed by atoms with Gasteiger partial charge < -0.3 is 10.1 Å². The number of nitrogens with one attached hydrogen (secondary N) is 1. The summed E-state index contributed by atoms with van der Waals surface area (Å²) >= 11 is 0. The Morgan fingerprint density at radius 2 is 1.90 bits per heavy atom. The zero-order valence-corrected chi connectivity index (χ0v) is 11.0. The molecule has 0 heterocycles. The summed E-state index contributed by atoms with van der Waals surface area (Å²) in [6.07, 6.45) is 0. The number of halogens is 2. The van der Waals surface area contributed by atoms with Crippen molar-refractivity contribution in [1.82, 2.24) is 0 Å². The van der Waals surface area contributed by atoms with Crippen LogP contribution in [0.5, 0.6) is 5.75 Å². The summed E-state index contributed by atoms with van der Waals surface area (Å²) in [6.45, 7) is 0. The number of hydrogen-bond acceptors (Lipinski definition) is 3. The second-order valence-electron chi connectivity index (χ2n) is 4.11. The highest BCUT2D eigenvalue weighted by molar-refractivity contribution is 6.05. The van der Waals surface area contributed by atoms with Crippen LogP contribution in [0.1, 0.15) is 15.9 Å². The van der Waals surface area contributed by atoms with Crippen molar-refractivity contribution in [3.05, 3.63) is 59.2 Å². The molecule has 0 aliphatic carbocycles. The Bertz CT molecular complexity index is 719. The summed E-state index contributed by atoms with van der Waals surface area (Å²) in [5.41, 5.74) is 0.138. The third-order valence-electron chi connectivity index (χ3n) is 2.73. The van der Waals surface area contributed by atoms with Gasteiger partial charge >= 0.3 is 0 Å². The van der Waals surface area contributed by atoms with Crippen LogP contribution in [0.3, 0.4) is 0 Å². The molecule has 1 N–H and O–H groups in total. The summed E-state index contributed by atoms with van der Waals surface area (Å²) in [6, 6.07) is 9.02. The molecule has 0 saturated heterocycles. The minimum Gasteiger partial charge on any atom is -0.495 e. The highest BCUT2D eigenvalue weighted by Crippen LogP contribution is 2.28. The maximum atomic E-state index is 13.1. The van der Waals surface area contributed by atoms with Crippen molar-refractivity contribution in [2.45, 2.75) is 0 Å². The second-order valence-corrected chi connectivity index (χ2v) is 4.11. The first-order valence-electron chi connectivity index (χ1n) is 5.89. The predicted octanol–water partition coefficient (Wildman–Crippen LogP) is 3.10. The molecule has 0 saturated carbocycles. The number of carbonyl (C=O) groups is 1. The molecular formula is C15H10F2N2O2. The van der Waals surface area contributed by atoms with E-state index in [4.69, 9.17) is 10.00 Å². The third kappa shape index (κ3) is 3.15. The smallest absolute Gasteiger partial charge is 0.256 e. The van der Waals surface area contributed by atoms with Gasteiger partial charge in [0.15, 0.2) is 0 Å².